The van der Waals surface area contributed by atoms with E-state index in [2.05, 4.69) is 19.2 Å². The summed E-state index contributed by atoms with van der Waals surface area (Å²) in [5.74, 6) is 1.62. The van der Waals surface area contributed by atoms with Crippen LogP contribution in [0.4, 0.5) is 5.69 Å². The first-order valence-electron chi connectivity index (χ1n) is 7.78. The van der Waals surface area contributed by atoms with Crippen molar-refractivity contribution in [3.8, 4) is 0 Å². The number of hydrogen-bond donors (Lipinski definition) is 2. The molecular formula is C17H27ClN2. The molecule has 1 saturated carbocycles. The van der Waals surface area contributed by atoms with Gasteiger partial charge in [-0.05, 0) is 55.4 Å². The van der Waals surface area contributed by atoms with Gasteiger partial charge in [-0.25, -0.2) is 0 Å². The Morgan fingerprint density at radius 2 is 1.95 bits per heavy atom. The van der Waals surface area contributed by atoms with Crippen molar-refractivity contribution in [3.05, 3.63) is 29.3 Å². The Hall–Kier alpha value is -0.730. The van der Waals surface area contributed by atoms with Gasteiger partial charge in [0.1, 0.15) is 0 Å². The Labute approximate surface area is 128 Å². The van der Waals surface area contributed by atoms with E-state index in [1.54, 1.807) is 0 Å². The Bertz CT molecular complexity index is 416. The van der Waals surface area contributed by atoms with Gasteiger partial charge in [0.25, 0.3) is 0 Å². The molecular weight excluding hydrogens is 268 g/mol. The van der Waals surface area contributed by atoms with E-state index in [-0.39, 0.29) is 5.54 Å². The second kappa shape index (κ2) is 6.82. The Morgan fingerprint density at radius 1 is 1.25 bits per heavy atom. The molecule has 2 nitrogen and oxygen atoms in total. The monoisotopic (exact) mass is 294 g/mol. The standard InChI is InChI=1S/C17H27ClN2/c1-13(2)14-4-3-10-17(12-19,11-9-14)20-16-7-5-15(18)6-8-16/h5-8,13-14,20H,3-4,9-12,19H2,1-2H3. The van der Waals surface area contributed by atoms with Gasteiger partial charge in [0.2, 0.25) is 0 Å². The number of nitrogens with two attached hydrogens (primary N) is 1. The zero-order valence-corrected chi connectivity index (χ0v) is 13.4. The molecule has 0 radical (unpaired) electrons. The summed E-state index contributed by atoms with van der Waals surface area (Å²) in [5, 5.41) is 4.46. The third-order valence-corrected chi connectivity index (χ3v) is 5.06. The van der Waals surface area contributed by atoms with E-state index in [4.69, 9.17) is 17.3 Å². The first-order valence-corrected chi connectivity index (χ1v) is 8.16. The van der Waals surface area contributed by atoms with Gasteiger partial charge < -0.3 is 11.1 Å². The zero-order valence-electron chi connectivity index (χ0n) is 12.7. The lowest BCUT2D eigenvalue weighted by Gasteiger charge is -2.34. The topological polar surface area (TPSA) is 38.0 Å². The van der Waals surface area contributed by atoms with Crippen LogP contribution >= 0.6 is 11.6 Å². The Kier molecular flexibility index (Phi) is 5.34. The summed E-state index contributed by atoms with van der Waals surface area (Å²) in [6.07, 6.45) is 6.20. The number of benzene rings is 1. The van der Waals surface area contributed by atoms with Gasteiger partial charge >= 0.3 is 0 Å². The maximum atomic E-state index is 6.12. The van der Waals surface area contributed by atoms with Crippen molar-refractivity contribution in [3.63, 3.8) is 0 Å². The largest absolute Gasteiger partial charge is 0.378 e. The molecule has 2 atom stereocenters. The molecule has 0 aromatic heterocycles. The number of nitrogens with one attached hydrogen (secondary N) is 1. The normalized spacial score (nSPS) is 27.4. The highest BCUT2D eigenvalue weighted by molar-refractivity contribution is 6.30. The minimum Gasteiger partial charge on any atom is -0.378 e. The SMILES string of the molecule is CC(C)C1CCCC(CN)(Nc2ccc(Cl)cc2)CC1. The van der Waals surface area contributed by atoms with Crippen LogP contribution in [0, 0.1) is 11.8 Å². The molecule has 1 aromatic carbocycles. The summed E-state index contributed by atoms with van der Waals surface area (Å²) in [5.41, 5.74) is 7.30. The van der Waals surface area contributed by atoms with Crippen molar-refractivity contribution in [1.29, 1.82) is 0 Å². The average molecular weight is 295 g/mol. The van der Waals surface area contributed by atoms with E-state index in [0.29, 0.717) is 6.54 Å². The third kappa shape index (κ3) is 3.89. The van der Waals surface area contributed by atoms with E-state index in [1.807, 2.05) is 24.3 Å². The van der Waals surface area contributed by atoms with Crippen LogP contribution in [0.5, 0.6) is 0 Å². The van der Waals surface area contributed by atoms with Crippen LogP contribution in [0.25, 0.3) is 0 Å². The first kappa shape index (κ1) is 15.7. The van der Waals surface area contributed by atoms with Crippen molar-refractivity contribution < 1.29 is 0 Å². The second-order valence-corrected chi connectivity index (χ2v) is 6.99. The molecule has 1 aliphatic rings. The van der Waals surface area contributed by atoms with E-state index in [0.717, 1.165) is 35.4 Å². The molecule has 2 rings (SSSR count). The fraction of sp³-hybridized carbons (Fsp3) is 0.647. The molecule has 2 unspecified atom stereocenters. The summed E-state index contributed by atoms with van der Waals surface area (Å²) >= 11 is 5.95. The molecule has 0 bridgehead atoms. The molecule has 112 valence electrons. The lowest BCUT2D eigenvalue weighted by Crippen LogP contribution is -2.45. The Balaban J connectivity index is 2.07. The number of anilines is 1. The van der Waals surface area contributed by atoms with Crippen molar-refractivity contribution in [2.75, 3.05) is 11.9 Å². The van der Waals surface area contributed by atoms with Crippen molar-refractivity contribution in [2.24, 2.45) is 17.6 Å². The van der Waals surface area contributed by atoms with Crippen LogP contribution in [0.1, 0.15) is 46.0 Å². The number of rotatable bonds is 4. The zero-order chi connectivity index (χ0) is 14.6. The highest BCUT2D eigenvalue weighted by atomic mass is 35.5. The lowest BCUT2D eigenvalue weighted by atomic mass is 9.86. The summed E-state index contributed by atoms with van der Waals surface area (Å²) in [7, 11) is 0. The minimum atomic E-state index is 0.0530. The minimum absolute atomic E-state index is 0.0530. The van der Waals surface area contributed by atoms with Crippen molar-refractivity contribution >= 4 is 17.3 Å². The van der Waals surface area contributed by atoms with Crippen LogP contribution in [0.2, 0.25) is 5.02 Å². The van der Waals surface area contributed by atoms with Gasteiger partial charge in [0.15, 0.2) is 0 Å². The van der Waals surface area contributed by atoms with Crippen LogP contribution in [0.3, 0.4) is 0 Å². The summed E-state index contributed by atoms with van der Waals surface area (Å²) in [6.45, 7) is 5.37. The van der Waals surface area contributed by atoms with E-state index in [1.165, 1.54) is 19.3 Å². The van der Waals surface area contributed by atoms with E-state index < -0.39 is 0 Å². The van der Waals surface area contributed by atoms with Crippen LogP contribution < -0.4 is 11.1 Å². The molecule has 0 heterocycles. The molecule has 3 heteroatoms. The fourth-order valence-corrected chi connectivity index (χ4v) is 3.45. The Morgan fingerprint density at radius 3 is 2.55 bits per heavy atom. The van der Waals surface area contributed by atoms with Crippen LogP contribution in [-0.2, 0) is 0 Å². The molecule has 0 amide bonds. The quantitative estimate of drug-likeness (QED) is 0.791. The van der Waals surface area contributed by atoms with Gasteiger partial charge in [-0.1, -0.05) is 38.3 Å². The summed E-state index contributed by atoms with van der Waals surface area (Å²) in [6, 6.07) is 7.96. The maximum absolute atomic E-state index is 6.12. The van der Waals surface area contributed by atoms with E-state index >= 15 is 0 Å². The average Bonchev–Trinajstić information content (AvgIpc) is 2.65. The van der Waals surface area contributed by atoms with Gasteiger partial charge in [-0.2, -0.15) is 0 Å². The molecule has 20 heavy (non-hydrogen) atoms. The highest BCUT2D eigenvalue weighted by Crippen LogP contribution is 2.35. The summed E-state index contributed by atoms with van der Waals surface area (Å²) < 4.78 is 0. The molecule has 0 spiro atoms. The van der Waals surface area contributed by atoms with Crippen LogP contribution in [0.15, 0.2) is 24.3 Å². The molecule has 1 aliphatic carbocycles. The van der Waals surface area contributed by atoms with Gasteiger partial charge in [-0.15, -0.1) is 0 Å². The smallest absolute Gasteiger partial charge is 0.0495 e. The molecule has 3 N–H and O–H groups in total. The fourth-order valence-electron chi connectivity index (χ4n) is 3.32. The van der Waals surface area contributed by atoms with Crippen molar-refractivity contribution in [1.82, 2.24) is 0 Å². The lowest BCUT2D eigenvalue weighted by molar-refractivity contribution is 0.332. The first-order chi connectivity index (χ1) is 9.54. The molecule has 1 fully saturated rings. The van der Waals surface area contributed by atoms with E-state index in [9.17, 15) is 0 Å². The highest BCUT2D eigenvalue weighted by Gasteiger charge is 2.32. The molecule has 0 saturated heterocycles. The predicted octanol–water partition coefficient (Wildman–Crippen LogP) is 4.69. The predicted molar refractivity (Wildman–Crippen MR) is 88.3 cm³/mol. The van der Waals surface area contributed by atoms with Gasteiger partial charge in [0, 0.05) is 22.8 Å². The van der Waals surface area contributed by atoms with Gasteiger partial charge in [0.05, 0.1) is 0 Å². The summed E-state index contributed by atoms with van der Waals surface area (Å²) in [4.78, 5) is 0. The number of halogens is 1. The van der Waals surface area contributed by atoms with Gasteiger partial charge in [-0.3, -0.25) is 0 Å². The molecule has 0 aliphatic heterocycles. The second-order valence-electron chi connectivity index (χ2n) is 6.55. The maximum Gasteiger partial charge on any atom is 0.0495 e. The molecule has 1 aromatic rings. The third-order valence-electron chi connectivity index (χ3n) is 4.81. The number of hydrogen-bond acceptors (Lipinski definition) is 2. The van der Waals surface area contributed by atoms with Crippen molar-refractivity contribution in [2.45, 2.75) is 51.5 Å². The van der Waals surface area contributed by atoms with Crippen LogP contribution in [-0.4, -0.2) is 12.1 Å².